The molecule has 2 heteroatoms. The van der Waals surface area contributed by atoms with E-state index in [4.69, 9.17) is 0 Å². The summed E-state index contributed by atoms with van der Waals surface area (Å²) in [5.74, 6) is 0.373. The van der Waals surface area contributed by atoms with Crippen LogP contribution in [0.1, 0.15) is 19.3 Å². The Morgan fingerprint density at radius 3 is 2.92 bits per heavy atom. The molecule has 0 aromatic carbocycles. The van der Waals surface area contributed by atoms with E-state index in [0.717, 1.165) is 25.8 Å². The van der Waals surface area contributed by atoms with Gasteiger partial charge in [-0.15, -0.1) is 0 Å². The average Bonchev–Trinajstić information content (AvgIpc) is 2.79. The molecule has 2 heterocycles. The first-order valence-corrected chi connectivity index (χ1v) is 4.50. The van der Waals surface area contributed by atoms with Crippen LogP contribution in [-0.4, -0.2) is 17.4 Å². The Balaban J connectivity index is 2.02. The Morgan fingerprint density at radius 1 is 1.42 bits per heavy atom. The van der Waals surface area contributed by atoms with Crippen molar-refractivity contribution >= 4 is 5.91 Å². The number of nitrogens with zero attached hydrogens (tertiary/aromatic N) is 1. The molecule has 0 bridgehead atoms. The predicted molar refractivity (Wildman–Crippen MR) is 45.2 cm³/mol. The third-order valence-corrected chi connectivity index (χ3v) is 3.13. The maximum atomic E-state index is 11.8. The van der Waals surface area contributed by atoms with Crippen molar-refractivity contribution in [3.63, 3.8) is 0 Å². The van der Waals surface area contributed by atoms with Crippen molar-refractivity contribution in [3.8, 4) is 0 Å². The molecule has 1 saturated carbocycles. The molecule has 0 aromatic heterocycles. The van der Waals surface area contributed by atoms with Crippen LogP contribution in [0.25, 0.3) is 0 Å². The predicted octanol–water partition coefficient (Wildman–Crippen LogP) is 1.45. The largest absolute Gasteiger partial charge is 0.312 e. The number of fused-ring (bicyclic) bond motifs is 1. The van der Waals surface area contributed by atoms with Gasteiger partial charge in [0.15, 0.2) is 0 Å². The lowest BCUT2D eigenvalue weighted by Crippen LogP contribution is -2.28. The first-order chi connectivity index (χ1) is 5.82. The summed E-state index contributed by atoms with van der Waals surface area (Å²) in [6.45, 7) is 0.798. The number of hydrogen-bond acceptors (Lipinski definition) is 1. The molecular formula is C10H11NO. The number of allylic oxidation sites excluding steroid dienone is 3. The molecule has 12 heavy (non-hydrogen) atoms. The molecule has 0 unspecified atom stereocenters. The minimum Gasteiger partial charge on any atom is -0.312 e. The summed E-state index contributed by atoms with van der Waals surface area (Å²) in [5, 5.41) is 0. The molecule has 1 amide bonds. The van der Waals surface area contributed by atoms with Crippen LogP contribution in [0.5, 0.6) is 0 Å². The van der Waals surface area contributed by atoms with E-state index in [-0.39, 0.29) is 5.41 Å². The van der Waals surface area contributed by atoms with Crippen molar-refractivity contribution < 1.29 is 4.79 Å². The van der Waals surface area contributed by atoms with Crippen molar-refractivity contribution in [1.29, 1.82) is 0 Å². The molecule has 3 rings (SSSR count). The van der Waals surface area contributed by atoms with Crippen molar-refractivity contribution in [1.82, 2.24) is 4.90 Å². The average molecular weight is 161 g/mol. The fraction of sp³-hybridized carbons (Fsp3) is 0.500. The number of hydrogen-bond donors (Lipinski definition) is 0. The highest BCUT2D eigenvalue weighted by Crippen LogP contribution is 2.57. The topological polar surface area (TPSA) is 20.3 Å². The van der Waals surface area contributed by atoms with E-state index in [2.05, 4.69) is 12.2 Å². The lowest BCUT2D eigenvalue weighted by atomic mass is 10.1. The van der Waals surface area contributed by atoms with Crippen LogP contribution >= 0.6 is 0 Å². The molecular weight excluding hydrogens is 150 g/mol. The molecule has 62 valence electrons. The Bertz CT molecular complexity index is 310. The zero-order valence-corrected chi connectivity index (χ0v) is 6.92. The fourth-order valence-electron chi connectivity index (χ4n) is 2.17. The Labute approximate surface area is 71.5 Å². The van der Waals surface area contributed by atoms with Crippen LogP contribution < -0.4 is 0 Å². The summed E-state index contributed by atoms with van der Waals surface area (Å²) in [6.07, 6.45) is 9.40. The first kappa shape index (κ1) is 6.46. The maximum absolute atomic E-state index is 11.8. The molecule has 1 aliphatic carbocycles. The van der Waals surface area contributed by atoms with E-state index >= 15 is 0 Å². The molecule has 0 atom stereocenters. The number of carbonyl (C=O) groups excluding carboxylic acids is 1. The zero-order valence-electron chi connectivity index (χ0n) is 6.92. The summed E-state index contributed by atoms with van der Waals surface area (Å²) in [4.78, 5) is 13.7. The van der Waals surface area contributed by atoms with Crippen LogP contribution in [-0.2, 0) is 4.79 Å². The van der Waals surface area contributed by atoms with Gasteiger partial charge in [-0.05, 0) is 18.9 Å². The zero-order chi connectivity index (χ0) is 8.18. The third-order valence-electron chi connectivity index (χ3n) is 3.13. The van der Waals surface area contributed by atoms with E-state index in [1.54, 1.807) is 0 Å². The van der Waals surface area contributed by atoms with E-state index in [9.17, 15) is 4.79 Å². The standard InChI is InChI=1S/C10H11NO/c12-9-10(4-5-10)7-8-3-1-2-6-11(8)9/h1-3H,4-7H2. The molecule has 0 N–H and O–H groups in total. The van der Waals surface area contributed by atoms with Gasteiger partial charge < -0.3 is 4.90 Å². The SMILES string of the molecule is O=C1N2CC=CC=C2CC12CC2. The van der Waals surface area contributed by atoms with Gasteiger partial charge in [-0.3, -0.25) is 4.79 Å². The van der Waals surface area contributed by atoms with E-state index in [0.29, 0.717) is 5.91 Å². The number of rotatable bonds is 0. The van der Waals surface area contributed by atoms with E-state index in [1.807, 2.05) is 11.0 Å². The third kappa shape index (κ3) is 0.631. The lowest BCUT2D eigenvalue weighted by molar-refractivity contribution is -0.130. The van der Waals surface area contributed by atoms with Gasteiger partial charge >= 0.3 is 0 Å². The molecule has 2 fully saturated rings. The second-order valence-electron chi connectivity index (χ2n) is 3.96. The van der Waals surface area contributed by atoms with Gasteiger partial charge in [-0.25, -0.2) is 0 Å². The van der Waals surface area contributed by atoms with Crippen LogP contribution in [0.15, 0.2) is 23.9 Å². The maximum Gasteiger partial charge on any atom is 0.233 e. The van der Waals surface area contributed by atoms with Crippen LogP contribution in [0.4, 0.5) is 0 Å². The molecule has 1 spiro atoms. The lowest BCUT2D eigenvalue weighted by Gasteiger charge is -2.18. The van der Waals surface area contributed by atoms with Gasteiger partial charge in [0.1, 0.15) is 0 Å². The smallest absolute Gasteiger partial charge is 0.233 e. The van der Waals surface area contributed by atoms with Gasteiger partial charge in [0.2, 0.25) is 5.91 Å². The molecule has 0 aromatic rings. The Kier molecular flexibility index (Phi) is 0.978. The summed E-state index contributed by atoms with van der Waals surface area (Å²) in [7, 11) is 0. The molecule has 0 radical (unpaired) electrons. The van der Waals surface area contributed by atoms with Crippen molar-refractivity contribution in [3.05, 3.63) is 23.9 Å². The summed E-state index contributed by atoms with van der Waals surface area (Å²) in [6, 6.07) is 0. The summed E-state index contributed by atoms with van der Waals surface area (Å²) in [5.41, 5.74) is 1.30. The van der Waals surface area contributed by atoms with Gasteiger partial charge in [0, 0.05) is 18.7 Å². The second kappa shape index (κ2) is 1.82. The van der Waals surface area contributed by atoms with Crippen LogP contribution in [0.2, 0.25) is 0 Å². The molecule has 3 aliphatic rings. The van der Waals surface area contributed by atoms with E-state index < -0.39 is 0 Å². The van der Waals surface area contributed by atoms with Gasteiger partial charge in [0.05, 0.1) is 5.41 Å². The van der Waals surface area contributed by atoms with Gasteiger partial charge in [0.25, 0.3) is 0 Å². The molecule has 2 nitrogen and oxygen atoms in total. The quantitative estimate of drug-likeness (QED) is 0.526. The monoisotopic (exact) mass is 161 g/mol. The highest BCUT2D eigenvalue weighted by molar-refractivity contribution is 5.90. The molecule has 1 saturated heterocycles. The van der Waals surface area contributed by atoms with Crippen molar-refractivity contribution in [2.75, 3.05) is 6.54 Å². The fourth-order valence-corrected chi connectivity index (χ4v) is 2.17. The van der Waals surface area contributed by atoms with Crippen molar-refractivity contribution in [2.24, 2.45) is 5.41 Å². The van der Waals surface area contributed by atoms with Gasteiger partial charge in [-0.2, -0.15) is 0 Å². The van der Waals surface area contributed by atoms with Crippen LogP contribution in [0, 0.1) is 5.41 Å². The highest BCUT2D eigenvalue weighted by atomic mass is 16.2. The number of amides is 1. The Morgan fingerprint density at radius 2 is 2.25 bits per heavy atom. The van der Waals surface area contributed by atoms with Crippen LogP contribution in [0.3, 0.4) is 0 Å². The van der Waals surface area contributed by atoms with E-state index in [1.165, 1.54) is 5.70 Å². The van der Waals surface area contributed by atoms with Crippen molar-refractivity contribution in [2.45, 2.75) is 19.3 Å². The number of carbonyl (C=O) groups is 1. The molecule has 2 aliphatic heterocycles. The minimum atomic E-state index is 0.0673. The summed E-state index contributed by atoms with van der Waals surface area (Å²) >= 11 is 0. The highest BCUT2D eigenvalue weighted by Gasteiger charge is 2.57. The second-order valence-corrected chi connectivity index (χ2v) is 3.96. The first-order valence-electron chi connectivity index (χ1n) is 4.50. The normalized spacial score (nSPS) is 29.2. The van der Waals surface area contributed by atoms with Gasteiger partial charge in [-0.1, -0.05) is 12.2 Å². The Hall–Kier alpha value is -1.05. The minimum absolute atomic E-state index is 0.0673. The summed E-state index contributed by atoms with van der Waals surface area (Å²) < 4.78 is 0.